The van der Waals surface area contributed by atoms with Gasteiger partial charge in [-0.25, -0.2) is 4.99 Å². The molecule has 4 rings (SSSR count). The van der Waals surface area contributed by atoms with Crippen LogP contribution in [0.25, 0.3) is 0 Å². The average Bonchev–Trinajstić information content (AvgIpc) is 3.13. The Balaban J connectivity index is 0.00000289. The molecule has 2 aromatic carbocycles. The van der Waals surface area contributed by atoms with E-state index >= 15 is 0 Å². The second kappa shape index (κ2) is 12.3. The van der Waals surface area contributed by atoms with E-state index in [-0.39, 0.29) is 24.0 Å². The SMILES string of the molecule is CN1CCCN(Cc2ccc(CN=C(N)Nc3ccc4c(c3)OCCCO4)cc2)CC1.I. The van der Waals surface area contributed by atoms with Gasteiger partial charge in [0.2, 0.25) is 0 Å². The minimum Gasteiger partial charge on any atom is -0.490 e. The van der Waals surface area contributed by atoms with Crippen molar-refractivity contribution in [2.45, 2.75) is 25.9 Å². The number of nitrogens with one attached hydrogen (secondary N) is 1. The molecule has 0 spiro atoms. The van der Waals surface area contributed by atoms with Crippen molar-refractivity contribution in [3.63, 3.8) is 0 Å². The van der Waals surface area contributed by atoms with E-state index in [1.54, 1.807) is 0 Å². The Morgan fingerprint density at radius 1 is 0.938 bits per heavy atom. The normalized spacial score (nSPS) is 17.7. The Kier molecular flexibility index (Phi) is 9.43. The second-order valence-electron chi connectivity index (χ2n) is 8.29. The standard InChI is InChI=1S/C24H33N5O2.HI/c1-28-10-2-11-29(13-12-28)18-20-6-4-19(5-7-20)17-26-24(25)27-21-8-9-22-23(16-21)31-15-3-14-30-22;/h4-9,16H,2-3,10-15,17-18H2,1H3,(H3,25,26,27);1H. The number of likely N-dealkylation sites (N-methyl/N-ethyl adjacent to an activating group) is 1. The van der Waals surface area contributed by atoms with E-state index in [4.69, 9.17) is 15.2 Å². The van der Waals surface area contributed by atoms with Crippen molar-refractivity contribution in [1.82, 2.24) is 9.80 Å². The summed E-state index contributed by atoms with van der Waals surface area (Å²) in [5.74, 6) is 1.89. The summed E-state index contributed by atoms with van der Waals surface area (Å²) >= 11 is 0. The maximum Gasteiger partial charge on any atom is 0.193 e. The van der Waals surface area contributed by atoms with Gasteiger partial charge >= 0.3 is 0 Å². The van der Waals surface area contributed by atoms with Gasteiger partial charge in [-0.15, -0.1) is 24.0 Å². The predicted molar refractivity (Wildman–Crippen MR) is 140 cm³/mol. The first-order valence-corrected chi connectivity index (χ1v) is 11.1. The van der Waals surface area contributed by atoms with Gasteiger partial charge in [-0.2, -0.15) is 0 Å². The molecule has 0 bridgehead atoms. The van der Waals surface area contributed by atoms with Crippen LogP contribution in [0.3, 0.4) is 0 Å². The van der Waals surface area contributed by atoms with Crippen LogP contribution < -0.4 is 20.5 Å². The van der Waals surface area contributed by atoms with Crippen molar-refractivity contribution in [1.29, 1.82) is 0 Å². The fraction of sp³-hybridized carbons (Fsp3) is 0.458. The van der Waals surface area contributed by atoms with Gasteiger partial charge in [0.1, 0.15) is 0 Å². The zero-order valence-electron chi connectivity index (χ0n) is 18.8. The molecule has 2 heterocycles. The molecular weight excluding hydrogens is 517 g/mol. The molecule has 0 aromatic heterocycles. The average molecular weight is 551 g/mol. The number of nitrogens with zero attached hydrogens (tertiary/aromatic N) is 3. The molecule has 8 heteroatoms. The minimum absolute atomic E-state index is 0. The highest BCUT2D eigenvalue weighted by atomic mass is 127. The third-order valence-electron chi connectivity index (χ3n) is 5.69. The van der Waals surface area contributed by atoms with Gasteiger partial charge in [-0.05, 0) is 49.8 Å². The number of guanidine groups is 1. The summed E-state index contributed by atoms with van der Waals surface area (Å²) in [6.07, 6.45) is 2.12. The molecule has 2 aromatic rings. The third kappa shape index (κ3) is 7.25. The Morgan fingerprint density at radius 2 is 1.69 bits per heavy atom. The first kappa shape index (κ1) is 24.6. The molecule has 1 saturated heterocycles. The molecule has 1 fully saturated rings. The van der Waals surface area contributed by atoms with E-state index in [0.717, 1.165) is 48.8 Å². The quantitative estimate of drug-likeness (QED) is 0.337. The Morgan fingerprint density at radius 3 is 2.50 bits per heavy atom. The lowest BCUT2D eigenvalue weighted by molar-refractivity contribution is 0.269. The van der Waals surface area contributed by atoms with Crippen LogP contribution in [-0.4, -0.2) is 62.2 Å². The molecule has 2 aliphatic heterocycles. The zero-order valence-corrected chi connectivity index (χ0v) is 21.1. The summed E-state index contributed by atoms with van der Waals surface area (Å²) in [4.78, 5) is 9.43. The van der Waals surface area contributed by atoms with Gasteiger partial charge in [0.15, 0.2) is 17.5 Å². The van der Waals surface area contributed by atoms with Crippen molar-refractivity contribution in [3.05, 3.63) is 53.6 Å². The van der Waals surface area contributed by atoms with Crippen LogP contribution in [0.2, 0.25) is 0 Å². The van der Waals surface area contributed by atoms with E-state index in [1.807, 2.05) is 18.2 Å². The largest absolute Gasteiger partial charge is 0.490 e. The van der Waals surface area contributed by atoms with Crippen molar-refractivity contribution in [2.24, 2.45) is 10.7 Å². The van der Waals surface area contributed by atoms with Crippen molar-refractivity contribution in [2.75, 3.05) is 51.8 Å². The number of anilines is 1. The molecular formula is C24H34IN5O2. The Hall–Kier alpha value is -2.04. The molecule has 0 radical (unpaired) electrons. The second-order valence-corrected chi connectivity index (χ2v) is 8.29. The van der Waals surface area contributed by atoms with Crippen LogP contribution in [-0.2, 0) is 13.1 Å². The molecule has 0 atom stereocenters. The van der Waals surface area contributed by atoms with Gasteiger partial charge in [0.25, 0.3) is 0 Å². The summed E-state index contributed by atoms with van der Waals surface area (Å²) in [7, 11) is 2.20. The van der Waals surface area contributed by atoms with E-state index in [9.17, 15) is 0 Å². The third-order valence-corrected chi connectivity index (χ3v) is 5.69. The summed E-state index contributed by atoms with van der Waals surface area (Å²) in [6.45, 7) is 7.51. The Bertz CT molecular complexity index is 890. The number of rotatable bonds is 5. The number of hydrogen-bond acceptors (Lipinski definition) is 5. The van der Waals surface area contributed by atoms with Crippen LogP contribution in [0.1, 0.15) is 24.0 Å². The van der Waals surface area contributed by atoms with Gasteiger partial charge in [-0.1, -0.05) is 24.3 Å². The van der Waals surface area contributed by atoms with Crippen molar-refractivity contribution in [3.8, 4) is 11.5 Å². The van der Waals surface area contributed by atoms with E-state index < -0.39 is 0 Å². The number of nitrogens with two attached hydrogens (primary N) is 1. The molecule has 0 unspecified atom stereocenters. The van der Waals surface area contributed by atoms with E-state index in [1.165, 1.54) is 25.1 Å². The van der Waals surface area contributed by atoms with Crippen LogP contribution in [0.15, 0.2) is 47.5 Å². The highest BCUT2D eigenvalue weighted by Gasteiger charge is 2.13. The fourth-order valence-electron chi connectivity index (χ4n) is 3.87. The van der Waals surface area contributed by atoms with Gasteiger partial charge < -0.3 is 25.4 Å². The smallest absolute Gasteiger partial charge is 0.193 e. The lowest BCUT2D eigenvalue weighted by Gasteiger charge is -2.20. The molecule has 32 heavy (non-hydrogen) atoms. The lowest BCUT2D eigenvalue weighted by Crippen LogP contribution is -2.28. The number of halogens is 1. The molecule has 0 saturated carbocycles. The molecule has 174 valence electrons. The molecule has 7 nitrogen and oxygen atoms in total. The molecule has 0 aliphatic carbocycles. The number of aliphatic imine (C=N–C) groups is 1. The maximum atomic E-state index is 6.10. The summed E-state index contributed by atoms with van der Waals surface area (Å²) in [5.41, 5.74) is 9.42. The van der Waals surface area contributed by atoms with Gasteiger partial charge in [-0.3, -0.25) is 4.90 Å². The van der Waals surface area contributed by atoms with Crippen LogP contribution >= 0.6 is 24.0 Å². The van der Waals surface area contributed by atoms with Crippen molar-refractivity contribution < 1.29 is 9.47 Å². The van der Waals surface area contributed by atoms with E-state index in [2.05, 4.69) is 51.4 Å². The van der Waals surface area contributed by atoms with Gasteiger partial charge in [0, 0.05) is 37.8 Å². The lowest BCUT2D eigenvalue weighted by atomic mass is 10.1. The first-order valence-electron chi connectivity index (χ1n) is 11.1. The first-order chi connectivity index (χ1) is 15.2. The predicted octanol–water partition coefficient (Wildman–Crippen LogP) is 3.53. The van der Waals surface area contributed by atoms with E-state index in [0.29, 0.717) is 25.7 Å². The summed E-state index contributed by atoms with van der Waals surface area (Å²) in [5, 5.41) is 3.14. The highest BCUT2D eigenvalue weighted by molar-refractivity contribution is 14.0. The zero-order chi connectivity index (χ0) is 21.5. The van der Waals surface area contributed by atoms with Crippen LogP contribution in [0, 0.1) is 0 Å². The number of benzene rings is 2. The number of ether oxygens (including phenoxy) is 2. The van der Waals surface area contributed by atoms with Crippen molar-refractivity contribution >= 4 is 35.6 Å². The molecule has 3 N–H and O–H groups in total. The Labute approximate surface area is 208 Å². The maximum absolute atomic E-state index is 6.10. The van der Waals surface area contributed by atoms with Crippen LogP contribution in [0.5, 0.6) is 11.5 Å². The summed E-state index contributed by atoms with van der Waals surface area (Å²) < 4.78 is 11.4. The fourth-order valence-corrected chi connectivity index (χ4v) is 3.87. The number of fused-ring (bicyclic) bond motifs is 1. The van der Waals surface area contributed by atoms with Gasteiger partial charge in [0.05, 0.1) is 19.8 Å². The topological polar surface area (TPSA) is 75.4 Å². The minimum atomic E-state index is 0. The molecule has 2 aliphatic rings. The number of hydrogen-bond donors (Lipinski definition) is 2. The summed E-state index contributed by atoms with van der Waals surface area (Å²) in [6, 6.07) is 14.4. The van der Waals surface area contributed by atoms with Crippen LogP contribution in [0.4, 0.5) is 5.69 Å². The molecule has 0 amide bonds. The monoisotopic (exact) mass is 551 g/mol. The highest BCUT2D eigenvalue weighted by Crippen LogP contribution is 2.32.